The van der Waals surface area contributed by atoms with Crippen molar-refractivity contribution in [2.24, 2.45) is 16.7 Å². The summed E-state index contributed by atoms with van der Waals surface area (Å²) in [5.74, 6) is -1.60. The Morgan fingerprint density at radius 2 is 1.97 bits per heavy atom. The van der Waals surface area contributed by atoms with Gasteiger partial charge in [0.2, 0.25) is 17.7 Å². The third-order valence-corrected chi connectivity index (χ3v) is 9.17. The molecule has 1 saturated carbocycles. The Morgan fingerprint density at radius 1 is 1.26 bits per heavy atom. The fourth-order valence-corrected chi connectivity index (χ4v) is 6.71. The first-order valence-corrected chi connectivity index (χ1v) is 12.7. The van der Waals surface area contributed by atoms with Crippen molar-refractivity contribution in [1.29, 1.82) is 0 Å². The van der Waals surface area contributed by atoms with Gasteiger partial charge < -0.3 is 10.1 Å². The van der Waals surface area contributed by atoms with Crippen molar-refractivity contribution in [2.75, 3.05) is 19.0 Å². The van der Waals surface area contributed by atoms with Gasteiger partial charge in [0.15, 0.2) is 0 Å². The van der Waals surface area contributed by atoms with Gasteiger partial charge in [0, 0.05) is 34.3 Å². The summed E-state index contributed by atoms with van der Waals surface area (Å²) in [6.45, 7) is 7.74. The Balaban J connectivity index is 1.54. The summed E-state index contributed by atoms with van der Waals surface area (Å²) >= 11 is 7.42. The highest BCUT2D eigenvalue weighted by Gasteiger charge is 2.64. The molecule has 1 aliphatic carbocycles. The first-order chi connectivity index (χ1) is 16.4. The van der Waals surface area contributed by atoms with Gasteiger partial charge in [0.1, 0.15) is 10.6 Å². The molecule has 0 radical (unpaired) electrons. The van der Waals surface area contributed by atoms with Crippen LogP contribution in [0.5, 0.6) is 0 Å². The topological polar surface area (TPSA) is 92.8 Å². The van der Waals surface area contributed by atoms with Crippen LogP contribution in [0.2, 0.25) is 5.02 Å². The summed E-state index contributed by atoms with van der Waals surface area (Å²) in [7, 11) is 1.28. The molecule has 7 nitrogen and oxygen atoms in total. The van der Waals surface area contributed by atoms with Crippen LogP contribution >= 0.6 is 22.9 Å². The average Bonchev–Trinajstić information content (AvgIpc) is 3.21. The first-order valence-electron chi connectivity index (χ1n) is 11.6. The number of imide groups is 1. The molecule has 3 amide bonds. The van der Waals surface area contributed by atoms with Crippen molar-refractivity contribution >= 4 is 51.6 Å². The van der Waals surface area contributed by atoms with Crippen LogP contribution in [0.4, 0.5) is 5.00 Å². The van der Waals surface area contributed by atoms with E-state index in [9.17, 15) is 19.2 Å². The van der Waals surface area contributed by atoms with Gasteiger partial charge in [-0.1, -0.05) is 44.5 Å². The zero-order chi connectivity index (χ0) is 25.7. The third kappa shape index (κ3) is 4.06. The van der Waals surface area contributed by atoms with Gasteiger partial charge in [0.25, 0.3) is 0 Å². The van der Waals surface area contributed by atoms with Crippen LogP contribution in [0.1, 0.15) is 55.3 Å². The van der Waals surface area contributed by atoms with E-state index in [2.05, 4.69) is 5.32 Å². The second-order valence-corrected chi connectivity index (χ2v) is 11.6. The molecule has 0 spiro atoms. The van der Waals surface area contributed by atoms with E-state index in [-0.39, 0.29) is 36.3 Å². The second kappa shape index (κ2) is 9.06. The van der Waals surface area contributed by atoms with E-state index >= 15 is 0 Å². The molecule has 1 aliphatic heterocycles. The molecule has 35 heavy (non-hydrogen) atoms. The average molecular weight is 517 g/mol. The number of esters is 1. The van der Waals surface area contributed by atoms with Gasteiger partial charge in [-0.25, -0.2) is 4.79 Å². The number of nitrogens with one attached hydrogen (secondary N) is 1. The summed E-state index contributed by atoms with van der Waals surface area (Å²) < 4.78 is 4.99. The molecule has 1 N–H and O–H groups in total. The van der Waals surface area contributed by atoms with Crippen molar-refractivity contribution in [3.05, 3.63) is 39.7 Å². The Morgan fingerprint density at radius 3 is 2.63 bits per heavy atom. The lowest BCUT2D eigenvalue weighted by molar-refractivity contribution is -0.167. The smallest absolute Gasteiger partial charge is 0.341 e. The van der Waals surface area contributed by atoms with Crippen molar-refractivity contribution in [3.8, 4) is 11.1 Å². The number of amides is 3. The Labute approximate surface area is 213 Å². The molecule has 186 valence electrons. The van der Waals surface area contributed by atoms with Crippen molar-refractivity contribution in [1.82, 2.24) is 4.90 Å². The molecule has 2 aliphatic rings. The maximum absolute atomic E-state index is 13.2. The number of aryl methyl sites for hydroxylation is 1. The van der Waals surface area contributed by atoms with E-state index in [0.29, 0.717) is 28.4 Å². The van der Waals surface area contributed by atoms with E-state index in [1.807, 2.05) is 33.8 Å². The molecule has 2 atom stereocenters. The molecule has 1 saturated heterocycles. The lowest BCUT2D eigenvalue weighted by Crippen LogP contribution is -2.59. The maximum Gasteiger partial charge on any atom is 0.341 e. The molecule has 9 heteroatoms. The largest absolute Gasteiger partial charge is 0.465 e. The quantitative estimate of drug-likeness (QED) is 0.415. The molecule has 2 unspecified atom stereocenters. The van der Waals surface area contributed by atoms with Gasteiger partial charge in [-0.3, -0.25) is 19.3 Å². The van der Waals surface area contributed by atoms with Crippen molar-refractivity contribution in [2.45, 2.75) is 47.0 Å². The molecule has 1 aromatic carbocycles. The highest BCUT2D eigenvalue weighted by Crippen LogP contribution is 2.60. The van der Waals surface area contributed by atoms with Crippen LogP contribution in [0.15, 0.2) is 24.3 Å². The predicted octanol–water partition coefficient (Wildman–Crippen LogP) is 5.30. The molecule has 2 fully saturated rings. The number of rotatable bonds is 6. The lowest BCUT2D eigenvalue weighted by atomic mass is 9.62. The molecule has 1 aromatic heterocycles. The van der Waals surface area contributed by atoms with Crippen LogP contribution < -0.4 is 5.32 Å². The van der Waals surface area contributed by atoms with Crippen LogP contribution in [0, 0.1) is 23.7 Å². The fraction of sp³-hybridized carbons (Fsp3) is 0.462. The predicted molar refractivity (Wildman–Crippen MR) is 135 cm³/mol. The minimum Gasteiger partial charge on any atom is -0.465 e. The number of benzene rings is 1. The highest BCUT2D eigenvalue weighted by molar-refractivity contribution is 7.17. The SMILES string of the molecule is COC(=O)c1c(NC(=O)CCN2C(=O)C3CCC(C)(C2=O)C3(C)C)sc(C)c1-c1cccc(Cl)c1. The Kier molecular flexibility index (Phi) is 6.57. The lowest BCUT2D eigenvalue weighted by Gasteiger charge is -2.47. The van der Waals surface area contributed by atoms with Gasteiger partial charge in [-0.15, -0.1) is 11.3 Å². The Hall–Kier alpha value is -2.71. The van der Waals surface area contributed by atoms with Gasteiger partial charge in [-0.05, 0) is 42.9 Å². The molecule has 4 rings (SSSR count). The summed E-state index contributed by atoms with van der Waals surface area (Å²) in [4.78, 5) is 53.9. The van der Waals surface area contributed by atoms with E-state index in [1.54, 1.807) is 18.2 Å². The number of carbonyl (C=O) groups is 4. The van der Waals surface area contributed by atoms with Crippen molar-refractivity contribution in [3.63, 3.8) is 0 Å². The number of hydrogen-bond acceptors (Lipinski definition) is 6. The van der Waals surface area contributed by atoms with Gasteiger partial charge in [0.05, 0.1) is 12.5 Å². The zero-order valence-corrected chi connectivity index (χ0v) is 22.1. The summed E-state index contributed by atoms with van der Waals surface area (Å²) in [6.07, 6.45) is 1.28. The number of halogens is 1. The van der Waals surface area contributed by atoms with Gasteiger partial charge in [-0.2, -0.15) is 0 Å². The van der Waals surface area contributed by atoms with Crippen LogP contribution in [0.25, 0.3) is 11.1 Å². The normalized spacial score (nSPS) is 22.9. The molecule has 2 heterocycles. The molecule has 2 bridgehead atoms. The number of carbonyl (C=O) groups excluding carboxylic acids is 4. The van der Waals surface area contributed by atoms with E-state index in [0.717, 1.165) is 10.4 Å². The van der Waals surface area contributed by atoms with Gasteiger partial charge >= 0.3 is 5.97 Å². The standard InChI is InChI=1S/C26H29ClN2O5S/c1-14-19(15-7-6-8-16(27)13-15)20(23(32)34-5)21(35-14)28-18(30)10-12-29-22(31)17-9-11-26(4,24(29)33)25(17,2)3/h6-8,13,17H,9-12H2,1-5H3,(H,28,30). The molecule has 2 aromatic rings. The van der Waals surface area contributed by atoms with E-state index < -0.39 is 22.7 Å². The van der Waals surface area contributed by atoms with E-state index in [1.165, 1.54) is 23.3 Å². The minimum atomic E-state index is -0.614. The number of fused-ring (bicyclic) bond motifs is 2. The fourth-order valence-electron chi connectivity index (χ4n) is 5.44. The highest BCUT2D eigenvalue weighted by atomic mass is 35.5. The number of piperidine rings is 1. The third-order valence-electron chi connectivity index (χ3n) is 7.91. The number of hydrogen-bond donors (Lipinski definition) is 1. The Bertz CT molecular complexity index is 1240. The van der Waals surface area contributed by atoms with Crippen LogP contribution in [-0.4, -0.2) is 42.2 Å². The molecular formula is C26H29ClN2O5S. The second-order valence-electron chi connectivity index (χ2n) is 9.98. The summed E-state index contributed by atoms with van der Waals surface area (Å²) in [5, 5.41) is 3.69. The van der Waals surface area contributed by atoms with Crippen LogP contribution in [-0.2, 0) is 19.1 Å². The monoisotopic (exact) mass is 516 g/mol. The summed E-state index contributed by atoms with van der Waals surface area (Å²) in [5.41, 5.74) is 0.621. The first kappa shape index (κ1) is 25.4. The number of nitrogens with zero attached hydrogens (tertiary/aromatic N) is 1. The number of anilines is 1. The summed E-state index contributed by atoms with van der Waals surface area (Å²) in [6, 6.07) is 7.11. The van der Waals surface area contributed by atoms with E-state index in [4.69, 9.17) is 16.3 Å². The van der Waals surface area contributed by atoms with Crippen LogP contribution in [0.3, 0.4) is 0 Å². The maximum atomic E-state index is 13.2. The molecular weight excluding hydrogens is 488 g/mol. The number of likely N-dealkylation sites (tertiary alicyclic amines) is 1. The number of methoxy groups -OCH3 is 1. The number of ether oxygens (including phenoxy) is 1. The minimum absolute atomic E-state index is 0.00470. The van der Waals surface area contributed by atoms with Crippen molar-refractivity contribution < 1.29 is 23.9 Å². The zero-order valence-electron chi connectivity index (χ0n) is 20.5. The number of thiophene rings is 1.